The average molecular weight is 336 g/mol. The van der Waals surface area contributed by atoms with Gasteiger partial charge in [0.2, 0.25) is 5.91 Å². The first-order valence-corrected chi connectivity index (χ1v) is 7.43. The number of nitrogen functional groups attached to an aromatic ring is 1. The van der Waals surface area contributed by atoms with Crippen molar-refractivity contribution in [2.75, 3.05) is 17.6 Å². The molecular formula is C15H20N4O5. The van der Waals surface area contributed by atoms with Crippen LogP contribution in [0.1, 0.15) is 27.2 Å². The van der Waals surface area contributed by atoms with Crippen molar-refractivity contribution in [2.24, 2.45) is 0 Å². The fourth-order valence-electron chi connectivity index (χ4n) is 2.20. The van der Waals surface area contributed by atoms with Crippen LogP contribution in [0.15, 0.2) is 18.2 Å². The van der Waals surface area contributed by atoms with Crippen LogP contribution in [-0.4, -0.2) is 40.0 Å². The first kappa shape index (κ1) is 17.5. The number of nitro groups is 1. The lowest BCUT2D eigenvalue weighted by molar-refractivity contribution is -0.383. The number of nitro benzene ring substituents is 1. The maximum absolute atomic E-state index is 12.3. The Kier molecular flexibility index (Phi) is 4.63. The van der Waals surface area contributed by atoms with Gasteiger partial charge in [0.25, 0.3) is 5.69 Å². The van der Waals surface area contributed by atoms with Gasteiger partial charge in [-0.3, -0.25) is 19.8 Å². The summed E-state index contributed by atoms with van der Waals surface area (Å²) >= 11 is 0. The third-order valence-corrected chi connectivity index (χ3v) is 3.44. The van der Waals surface area contributed by atoms with Crippen molar-refractivity contribution in [2.45, 2.75) is 38.8 Å². The Labute approximate surface area is 138 Å². The Bertz CT molecular complexity index is 683. The number of carbonyl (C=O) groups excluding carboxylic acids is 2. The molecule has 0 unspecified atom stereocenters. The van der Waals surface area contributed by atoms with Gasteiger partial charge in [0.15, 0.2) is 0 Å². The van der Waals surface area contributed by atoms with Crippen LogP contribution in [0, 0.1) is 10.1 Å². The maximum atomic E-state index is 12.3. The Morgan fingerprint density at radius 3 is 2.58 bits per heavy atom. The van der Waals surface area contributed by atoms with Gasteiger partial charge in [0.05, 0.1) is 4.92 Å². The molecule has 0 bridgehead atoms. The molecule has 1 aromatic rings. The minimum atomic E-state index is -0.656. The zero-order chi connectivity index (χ0) is 18.1. The highest BCUT2D eigenvalue weighted by Gasteiger charge is 2.40. The van der Waals surface area contributed by atoms with Crippen molar-refractivity contribution < 1.29 is 19.2 Å². The summed E-state index contributed by atoms with van der Waals surface area (Å²) in [6.07, 6.45) is -0.0560. The highest BCUT2D eigenvalue weighted by Crippen LogP contribution is 2.27. The van der Waals surface area contributed by atoms with E-state index >= 15 is 0 Å². The maximum Gasteiger partial charge on any atom is 0.410 e. The Morgan fingerprint density at radius 1 is 1.42 bits per heavy atom. The predicted molar refractivity (Wildman–Crippen MR) is 87.5 cm³/mol. The summed E-state index contributed by atoms with van der Waals surface area (Å²) in [5, 5.41) is 13.4. The molecule has 0 aromatic heterocycles. The highest BCUT2D eigenvalue weighted by molar-refractivity contribution is 5.98. The van der Waals surface area contributed by atoms with Crippen LogP contribution in [0.5, 0.6) is 0 Å². The van der Waals surface area contributed by atoms with Gasteiger partial charge in [-0.2, -0.15) is 0 Å². The molecule has 9 heteroatoms. The van der Waals surface area contributed by atoms with Gasteiger partial charge >= 0.3 is 6.09 Å². The Morgan fingerprint density at radius 2 is 2.08 bits per heavy atom. The molecule has 1 aliphatic heterocycles. The number of likely N-dealkylation sites (tertiary alicyclic amines) is 1. The van der Waals surface area contributed by atoms with Crippen LogP contribution in [0.2, 0.25) is 0 Å². The summed E-state index contributed by atoms with van der Waals surface area (Å²) in [6.45, 7) is 5.66. The molecule has 3 N–H and O–H groups in total. The van der Waals surface area contributed by atoms with Crippen LogP contribution in [0.4, 0.5) is 21.9 Å². The molecule has 0 radical (unpaired) electrons. The number of carbonyl (C=O) groups is 2. The third kappa shape index (κ3) is 3.92. The van der Waals surface area contributed by atoms with E-state index < -0.39 is 28.6 Å². The molecule has 1 aliphatic rings. The lowest BCUT2D eigenvalue weighted by Gasteiger charge is -2.40. The number of amides is 2. The summed E-state index contributed by atoms with van der Waals surface area (Å²) < 4.78 is 5.24. The average Bonchev–Trinajstić information content (AvgIpc) is 2.36. The molecule has 1 atom stereocenters. The van der Waals surface area contributed by atoms with E-state index in [9.17, 15) is 19.7 Å². The Balaban J connectivity index is 2.04. The second-order valence-electron chi connectivity index (χ2n) is 6.50. The minimum absolute atomic E-state index is 0.0111. The minimum Gasteiger partial charge on any atom is -0.444 e. The van der Waals surface area contributed by atoms with Crippen LogP contribution in [-0.2, 0) is 9.53 Å². The molecule has 9 nitrogen and oxygen atoms in total. The molecule has 1 saturated heterocycles. The largest absolute Gasteiger partial charge is 0.444 e. The highest BCUT2D eigenvalue weighted by atomic mass is 16.6. The lowest BCUT2D eigenvalue weighted by Crippen LogP contribution is -2.57. The number of nitrogens with two attached hydrogens (primary N) is 1. The van der Waals surface area contributed by atoms with Crippen molar-refractivity contribution >= 4 is 29.1 Å². The van der Waals surface area contributed by atoms with E-state index in [2.05, 4.69) is 5.32 Å². The van der Waals surface area contributed by atoms with Gasteiger partial charge in [-0.15, -0.1) is 0 Å². The van der Waals surface area contributed by atoms with Crippen molar-refractivity contribution in [3.63, 3.8) is 0 Å². The number of hydrogen-bond donors (Lipinski definition) is 2. The number of hydrogen-bond acceptors (Lipinski definition) is 6. The molecule has 0 aliphatic carbocycles. The quantitative estimate of drug-likeness (QED) is 0.494. The van der Waals surface area contributed by atoms with Gasteiger partial charge < -0.3 is 15.8 Å². The van der Waals surface area contributed by atoms with Crippen LogP contribution in [0.25, 0.3) is 0 Å². The first-order valence-electron chi connectivity index (χ1n) is 7.43. The zero-order valence-corrected chi connectivity index (χ0v) is 13.7. The van der Waals surface area contributed by atoms with Gasteiger partial charge in [-0.25, -0.2) is 4.79 Å². The van der Waals surface area contributed by atoms with Crippen LogP contribution in [0.3, 0.4) is 0 Å². The smallest absolute Gasteiger partial charge is 0.410 e. The van der Waals surface area contributed by atoms with Gasteiger partial charge in [0, 0.05) is 18.3 Å². The molecule has 0 spiro atoms. The standard InChI is InChI=1S/C15H20N4O5/c1-15(2,3)24-14(21)18-7-6-11(18)13(20)17-9-4-5-10(16)12(8-9)19(22)23/h4-5,8,11H,6-7,16H2,1-3H3,(H,17,20)/t11-/m1/s1. The van der Waals surface area contributed by atoms with Gasteiger partial charge in [-0.1, -0.05) is 0 Å². The van der Waals surface area contributed by atoms with Crippen molar-refractivity contribution in [3.8, 4) is 0 Å². The van der Waals surface area contributed by atoms with Crippen molar-refractivity contribution in [1.29, 1.82) is 0 Å². The summed E-state index contributed by atoms with van der Waals surface area (Å²) in [6, 6.07) is 3.34. The number of nitrogens with zero attached hydrogens (tertiary/aromatic N) is 2. The van der Waals surface area contributed by atoms with Crippen molar-refractivity contribution in [1.82, 2.24) is 4.90 Å². The number of nitrogens with one attached hydrogen (secondary N) is 1. The predicted octanol–water partition coefficient (Wildman–Crippen LogP) is 2.12. The van der Waals surface area contributed by atoms with E-state index in [0.717, 1.165) is 0 Å². The number of rotatable bonds is 3. The van der Waals surface area contributed by atoms with Crippen LogP contribution >= 0.6 is 0 Å². The zero-order valence-electron chi connectivity index (χ0n) is 13.7. The van der Waals surface area contributed by atoms with E-state index in [-0.39, 0.29) is 17.1 Å². The van der Waals surface area contributed by atoms with Gasteiger partial charge in [-0.05, 0) is 39.3 Å². The summed E-state index contributed by atoms with van der Waals surface area (Å²) in [5.74, 6) is -0.425. The SMILES string of the molecule is CC(C)(C)OC(=O)N1CC[C@@H]1C(=O)Nc1ccc(N)c([N+](=O)[O-])c1. The van der Waals surface area contributed by atoms with E-state index in [1.54, 1.807) is 20.8 Å². The molecule has 2 rings (SSSR count). The molecule has 2 amide bonds. The topological polar surface area (TPSA) is 128 Å². The monoisotopic (exact) mass is 336 g/mol. The van der Waals surface area contributed by atoms with Gasteiger partial charge in [0.1, 0.15) is 17.3 Å². The first-order chi connectivity index (χ1) is 11.1. The van der Waals surface area contributed by atoms with E-state index in [1.165, 1.54) is 23.1 Å². The molecule has 130 valence electrons. The fraction of sp³-hybridized carbons (Fsp3) is 0.467. The molecular weight excluding hydrogens is 316 g/mol. The van der Waals surface area contributed by atoms with E-state index in [0.29, 0.717) is 13.0 Å². The Hall–Kier alpha value is -2.84. The molecule has 1 heterocycles. The summed E-state index contributed by atoms with van der Waals surface area (Å²) in [5.41, 5.74) is 4.84. The number of benzene rings is 1. The third-order valence-electron chi connectivity index (χ3n) is 3.44. The number of ether oxygens (including phenoxy) is 1. The lowest BCUT2D eigenvalue weighted by atomic mass is 10.0. The second-order valence-corrected chi connectivity index (χ2v) is 6.50. The number of anilines is 2. The summed E-state index contributed by atoms with van der Waals surface area (Å²) in [4.78, 5) is 35.9. The molecule has 1 aromatic carbocycles. The van der Waals surface area contributed by atoms with E-state index in [1.807, 2.05) is 0 Å². The van der Waals surface area contributed by atoms with Crippen molar-refractivity contribution in [3.05, 3.63) is 28.3 Å². The molecule has 0 saturated carbocycles. The molecule has 1 fully saturated rings. The fourth-order valence-corrected chi connectivity index (χ4v) is 2.20. The van der Waals surface area contributed by atoms with E-state index in [4.69, 9.17) is 10.5 Å². The normalized spacial score (nSPS) is 17.0. The molecule has 24 heavy (non-hydrogen) atoms. The summed E-state index contributed by atoms with van der Waals surface area (Å²) in [7, 11) is 0. The second kappa shape index (κ2) is 6.34. The van der Waals surface area contributed by atoms with Crippen LogP contribution < -0.4 is 11.1 Å².